The monoisotopic (exact) mass is 260 g/mol. The van der Waals surface area contributed by atoms with Crippen LogP contribution in [0.3, 0.4) is 0 Å². The van der Waals surface area contributed by atoms with E-state index in [1.807, 2.05) is 0 Å². The molecule has 2 heteroatoms. The van der Waals surface area contributed by atoms with Crippen LogP contribution >= 0.6 is 0 Å². The van der Waals surface area contributed by atoms with Crippen molar-refractivity contribution in [3.8, 4) is 0 Å². The van der Waals surface area contributed by atoms with Crippen LogP contribution in [0.1, 0.15) is 45.2 Å². The van der Waals surface area contributed by atoms with Gasteiger partial charge in [0.15, 0.2) is 0 Å². The first kappa shape index (κ1) is 14.4. The van der Waals surface area contributed by atoms with Gasteiger partial charge in [-0.2, -0.15) is 0 Å². The third-order valence-corrected chi connectivity index (χ3v) is 4.35. The zero-order valence-electron chi connectivity index (χ0n) is 12.9. The third-order valence-electron chi connectivity index (χ3n) is 4.35. The lowest BCUT2D eigenvalue weighted by molar-refractivity contribution is 0.548. The van der Waals surface area contributed by atoms with E-state index < -0.39 is 0 Å². The summed E-state index contributed by atoms with van der Waals surface area (Å²) < 4.78 is 0. The molecule has 0 radical (unpaired) electrons. The quantitative estimate of drug-likeness (QED) is 0.896. The van der Waals surface area contributed by atoms with Crippen molar-refractivity contribution in [2.75, 3.05) is 18.0 Å². The molecule has 1 aliphatic rings. The molecule has 1 aromatic carbocycles. The fourth-order valence-corrected chi connectivity index (χ4v) is 3.05. The van der Waals surface area contributed by atoms with E-state index in [1.54, 1.807) is 0 Å². The van der Waals surface area contributed by atoms with E-state index in [-0.39, 0.29) is 0 Å². The average Bonchev–Trinajstić information content (AvgIpc) is 2.60. The third kappa shape index (κ3) is 3.11. The highest BCUT2D eigenvalue weighted by Gasteiger charge is 2.23. The summed E-state index contributed by atoms with van der Waals surface area (Å²) in [6, 6.07) is 8.01. The second-order valence-corrected chi connectivity index (χ2v) is 5.77. The smallest absolute Gasteiger partial charge is 0.0433 e. The molecule has 0 amide bonds. The number of nitrogens with one attached hydrogen (secondary N) is 1. The van der Waals surface area contributed by atoms with Crippen molar-refractivity contribution in [1.82, 2.24) is 5.32 Å². The SMILES string of the molecule is CCc1cccc(CC)c1N1CCC(C)NCC1C. The van der Waals surface area contributed by atoms with Crippen molar-refractivity contribution in [1.29, 1.82) is 0 Å². The number of nitrogens with zero attached hydrogens (tertiary/aromatic N) is 1. The number of hydrogen-bond acceptors (Lipinski definition) is 2. The predicted molar refractivity (Wildman–Crippen MR) is 84.1 cm³/mol. The Labute approximate surface area is 118 Å². The summed E-state index contributed by atoms with van der Waals surface area (Å²) in [5.41, 5.74) is 4.51. The molecular formula is C17H28N2. The van der Waals surface area contributed by atoms with Gasteiger partial charge in [-0.1, -0.05) is 32.0 Å². The van der Waals surface area contributed by atoms with Crippen LogP contribution in [0.4, 0.5) is 5.69 Å². The predicted octanol–water partition coefficient (Wildman–Crippen LogP) is 3.39. The van der Waals surface area contributed by atoms with Crippen molar-refractivity contribution >= 4 is 5.69 Å². The molecule has 2 atom stereocenters. The van der Waals surface area contributed by atoms with Gasteiger partial charge in [0.25, 0.3) is 0 Å². The first-order valence-electron chi connectivity index (χ1n) is 7.78. The lowest BCUT2D eigenvalue weighted by Crippen LogP contribution is -2.39. The number of hydrogen-bond donors (Lipinski definition) is 1. The Morgan fingerprint density at radius 1 is 1.16 bits per heavy atom. The Balaban J connectivity index is 2.38. The van der Waals surface area contributed by atoms with Crippen molar-refractivity contribution in [2.45, 2.75) is 59.0 Å². The van der Waals surface area contributed by atoms with Gasteiger partial charge in [-0.05, 0) is 44.2 Å². The van der Waals surface area contributed by atoms with Crippen LogP contribution in [0.2, 0.25) is 0 Å². The van der Waals surface area contributed by atoms with Gasteiger partial charge < -0.3 is 10.2 Å². The van der Waals surface area contributed by atoms with E-state index in [2.05, 4.69) is 56.1 Å². The van der Waals surface area contributed by atoms with Crippen LogP contribution in [-0.2, 0) is 12.8 Å². The highest BCUT2D eigenvalue weighted by atomic mass is 15.2. The van der Waals surface area contributed by atoms with Gasteiger partial charge in [-0.3, -0.25) is 0 Å². The van der Waals surface area contributed by atoms with Crippen molar-refractivity contribution in [3.05, 3.63) is 29.3 Å². The molecule has 0 aliphatic carbocycles. The maximum absolute atomic E-state index is 3.63. The van der Waals surface area contributed by atoms with Crippen molar-refractivity contribution in [2.24, 2.45) is 0 Å². The highest BCUT2D eigenvalue weighted by Crippen LogP contribution is 2.29. The van der Waals surface area contributed by atoms with Crippen LogP contribution in [0.15, 0.2) is 18.2 Å². The molecule has 1 fully saturated rings. The highest BCUT2D eigenvalue weighted by molar-refractivity contribution is 5.60. The summed E-state index contributed by atoms with van der Waals surface area (Å²) in [5, 5.41) is 3.63. The summed E-state index contributed by atoms with van der Waals surface area (Å²) in [6.07, 6.45) is 3.47. The van der Waals surface area contributed by atoms with Gasteiger partial charge in [-0.25, -0.2) is 0 Å². The first-order valence-corrected chi connectivity index (χ1v) is 7.78. The molecule has 106 valence electrons. The van der Waals surface area contributed by atoms with E-state index in [0.29, 0.717) is 12.1 Å². The molecule has 1 heterocycles. The molecule has 1 N–H and O–H groups in total. The average molecular weight is 260 g/mol. The number of anilines is 1. The van der Waals surface area contributed by atoms with Gasteiger partial charge in [0.1, 0.15) is 0 Å². The van der Waals surface area contributed by atoms with Crippen LogP contribution in [0.5, 0.6) is 0 Å². The summed E-state index contributed by atoms with van der Waals surface area (Å²) in [6.45, 7) is 11.4. The number of rotatable bonds is 3. The molecule has 0 aromatic heterocycles. The lowest BCUT2D eigenvalue weighted by Gasteiger charge is -2.33. The zero-order valence-corrected chi connectivity index (χ0v) is 12.9. The fraction of sp³-hybridized carbons (Fsp3) is 0.647. The largest absolute Gasteiger partial charge is 0.367 e. The summed E-state index contributed by atoms with van der Waals surface area (Å²) in [7, 11) is 0. The standard InChI is InChI=1S/C17H28N2/c1-5-15-8-7-9-16(6-2)17(15)19-11-10-13(3)18-12-14(19)4/h7-9,13-14,18H,5-6,10-12H2,1-4H3. The van der Waals surface area contributed by atoms with Gasteiger partial charge in [0.05, 0.1) is 0 Å². The first-order chi connectivity index (χ1) is 9.17. The minimum absolute atomic E-state index is 0.572. The minimum atomic E-state index is 0.572. The van der Waals surface area contributed by atoms with Crippen LogP contribution in [0.25, 0.3) is 0 Å². The minimum Gasteiger partial charge on any atom is -0.367 e. The summed E-state index contributed by atoms with van der Waals surface area (Å²) >= 11 is 0. The molecule has 2 rings (SSSR count). The molecule has 2 unspecified atom stereocenters. The van der Waals surface area contributed by atoms with E-state index in [9.17, 15) is 0 Å². The van der Waals surface area contributed by atoms with E-state index in [1.165, 1.54) is 29.8 Å². The van der Waals surface area contributed by atoms with Gasteiger partial charge >= 0.3 is 0 Å². The van der Waals surface area contributed by atoms with Crippen LogP contribution in [-0.4, -0.2) is 25.2 Å². The molecule has 0 saturated carbocycles. The molecule has 2 nitrogen and oxygen atoms in total. The number of benzene rings is 1. The molecular weight excluding hydrogens is 232 g/mol. The second-order valence-electron chi connectivity index (χ2n) is 5.77. The Kier molecular flexibility index (Phi) is 4.87. The van der Waals surface area contributed by atoms with Gasteiger partial charge in [0, 0.05) is 30.9 Å². The number of aryl methyl sites for hydroxylation is 2. The van der Waals surface area contributed by atoms with Crippen LogP contribution < -0.4 is 10.2 Å². The Morgan fingerprint density at radius 2 is 1.79 bits per heavy atom. The number of para-hydroxylation sites is 1. The van der Waals surface area contributed by atoms with E-state index in [0.717, 1.165) is 19.4 Å². The zero-order chi connectivity index (χ0) is 13.8. The van der Waals surface area contributed by atoms with E-state index >= 15 is 0 Å². The van der Waals surface area contributed by atoms with E-state index in [4.69, 9.17) is 0 Å². The summed E-state index contributed by atoms with van der Waals surface area (Å²) in [5.74, 6) is 0. The Hall–Kier alpha value is -1.02. The van der Waals surface area contributed by atoms with Crippen LogP contribution in [0, 0.1) is 0 Å². The normalized spacial score (nSPS) is 24.3. The molecule has 1 aromatic rings. The topological polar surface area (TPSA) is 15.3 Å². The molecule has 1 aliphatic heterocycles. The summed E-state index contributed by atoms with van der Waals surface area (Å²) in [4.78, 5) is 2.63. The lowest BCUT2D eigenvalue weighted by atomic mass is 10.0. The second kappa shape index (κ2) is 6.42. The maximum atomic E-state index is 3.63. The van der Waals surface area contributed by atoms with Crippen molar-refractivity contribution < 1.29 is 0 Å². The molecule has 19 heavy (non-hydrogen) atoms. The van der Waals surface area contributed by atoms with Gasteiger partial charge in [-0.15, -0.1) is 0 Å². The molecule has 1 saturated heterocycles. The Bertz CT molecular complexity index is 391. The van der Waals surface area contributed by atoms with Crippen molar-refractivity contribution in [3.63, 3.8) is 0 Å². The molecule has 0 spiro atoms. The van der Waals surface area contributed by atoms with Gasteiger partial charge in [0.2, 0.25) is 0 Å². The fourth-order valence-electron chi connectivity index (χ4n) is 3.05. The Morgan fingerprint density at radius 3 is 2.37 bits per heavy atom. The maximum Gasteiger partial charge on any atom is 0.0433 e. The molecule has 0 bridgehead atoms.